The van der Waals surface area contributed by atoms with E-state index in [9.17, 15) is 19.2 Å². The molecule has 5 aromatic heterocycles. The Bertz CT molecular complexity index is 3450. The summed E-state index contributed by atoms with van der Waals surface area (Å²) in [5, 5.41) is 33.2. The van der Waals surface area contributed by atoms with Gasteiger partial charge in [-0.3, -0.25) is 39.1 Å². The van der Waals surface area contributed by atoms with Crippen LogP contribution in [-0.2, 0) is 29.7 Å². The molecule has 0 aliphatic carbocycles. The number of amides is 4. The number of piperazine rings is 1. The van der Waals surface area contributed by atoms with Crippen LogP contribution in [0, 0.1) is 0 Å². The van der Waals surface area contributed by atoms with Crippen molar-refractivity contribution in [3.63, 3.8) is 0 Å². The quantitative estimate of drug-likeness (QED) is 0.0755. The molecule has 4 amide bonds. The molecule has 11 rings (SSSR count). The molecule has 0 radical (unpaired) electrons. The maximum atomic E-state index is 14.0. The van der Waals surface area contributed by atoms with E-state index in [2.05, 4.69) is 85.7 Å². The first kappa shape index (κ1) is 48.2. The van der Waals surface area contributed by atoms with Crippen molar-refractivity contribution < 1.29 is 28.3 Å². The van der Waals surface area contributed by atoms with Crippen LogP contribution in [0.1, 0.15) is 81.1 Å². The zero-order chi connectivity index (χ0) is 51.6. The first-order valence-corrected chi connectivity index (χ1v) is 24.4. The second kappa shape index (κ2) is 20.8. The summed E-state index contributed by atoms with van der Waals surface area (Å²) >= 11 is 0. The van der Waals surface area contributed by atoms with Gasteiger partial charge < -0.3 is 35.3 Å². The number of benzene rings is 3. The van der Waals surface area contributed by atoms with E-state index in [-0.39, 0.29) is 48.0 Å². The van der Waals surface area contributed by atoms with Gasteiger partial charge in [0.1, 0.15) is 23.1 Å². The van der Waals surface area contributed by atoms with E-state index < -0.39 is 6.04 Å². The summed E-state index contributed by atoms with van der Waals surface area (Å²) < 4.78 is 13.8. The molecule has 6 N–H and O–H groups in total. The highest BCUT2D eigenvalue weighted by Gasteiger charge is 2.34. The first-order chi connectivity index (χ1) is 36.5. The summed E-state index contributed by atoms with van der Waals surface area (Å²) in [6.07, 6.45) is 4.50. The lowest BCUT2D eigenvalue weighted by atomic mass is 10.0. The van der Waals surface area contributed by atoms with E-state index in [4.69, 9.17) is 14.3 Å². The van der Waals surface area contributed by atoms with Crippen LogP contribution in [0.3, 0.4) is 0 Å². The van der Waals surface area contributed by atoms with Crippen LogP contribution >= 0.6 is 0 Å². The number of amidine groups is 1. The van der Waals surface area contributed by atoms with E-state index in [1.165, 1.54) is 18.6 Å². The van der Waals surface area contributed by atoms with E-state index >= 15 is 0 Å². The summed E-state index contributed by atoms with van der Waals surface area (Å²) in [6, 6.07) is 28.5. The monoisotopic (exact) mass is 1010 g/mol. The normalized spacial score (nSPS) is 16.3. The number of imidazole rings is 1. The van der Waals surface area contributed by atoms with Crippen LogP contribution in [0.4, 0.5) is 11.5 Å². The number of fused-ring (bicyclic) bond motifs is 4. The fraction of sp³-hybridized carbons (Fsp3) is 0.275. The van der Waals surface area contributed by atoms with Gasteiger partial charge >= 0.3 is 0 Å². The van der Waals surface area contributed by atoms with Crippen molar-refractivity contribution in [3.05, 3.63) is 149 Å². The highest BCUT2D eigenvalue weighted by molar-refractivity contribution is 6.09. The Kier molecular flexibility index (Phi) is 13.3. The van der Waals surface area contributed by atoms with E-state index in [1.807, 2.05) is 51.9 Å². The second-order valence-electron chi connectivity index (χ2n) is 18.3. The lowest BCUT2D eigenvalue weighted by molar-refractivity contribution is -0.115. The number of furan rings is 1. The minimum Gasteiger partial charge on any atom is -0.454 e. The van der Waals surface area contributed by atoms with E-state index in [1.54, 1.807) is 61.1 Å². The number of ether oxygens (including phenoxy) is 1. The Morgan fingerprint density at radius 3 is 2.43 bits per heavy atom. The maximum Gasteiger partial charge on any atom is 0.299 e. The van der Waals surface area contributed by atoms with Crippen molar-refractivity contribution in [3.8, 4) is 6.01 Å². The van der Waals surface area contributed by atoms with Crippen molar-refractivity contribution >= 4 is 62.9 Å². The van der Waals surface area contributed by atoms with Crippen LogP contribution in [0.25, 0.3) is 21.9 Å². The Hall–Kier alpha value is -9.13. The number of aryl methyl sites for hydroxylation is 1. The molecule has 382 valence electrons. The Labute approximate surface area is 428 Å². The molecule has 3 unspecified atom stereocenters. The molecule has 3 aliphatic heterocycles. The SMILES string of the molecule is CC(=O)Nc1ccc2oc3cnc(C(=O)N4CCN(C(C5=NN(Cc6cccc(C(NCCNC(=O)c7cc(C8Cn9cc(NC(C)=O)nc9O8)ccn7)c7nnn(C)n7)c6)NN5)c5ccccc5)CC4)cc3c2c1. The fourth-order valence-corrected chi connectivity index (χ4v) is 9.55. The predicted octanol–water partition coefficient (Wildman–Crippen LogP) is 3.59. The number of pyridine rings is 2. The predicted molar refractivity (Wildman–Crippen MR) is 273 cm³/mol. The van der Waals surface area contributed by atoms with Gasteiger partial charge in [0, 0.05) is 75.8 Å². The average Bonchev–Trinajstić information content (AvgIpc) is 4.27. The summed E-state index contributed by atoms with van der Waals surface area (Å²) in [5.41, 5.74) is 12.6. The number of anilines is 2. The molecule has 24 heteroatoms. The molecular weight excluding hydrogens is 961 g/mol. The molecule has 3 aromatic carbocycles. The molecular formula is C51H52N18O6. The summed E-state index contributed by atoms with van der Waals surface area (Å²) in [4.78, 5) is 69.1. The molecule has 3 aliphatic rings. The minimum absolute atomic E-state index is 0.173. The summed E-state index contributed by atoms with van der Waals surface area (Å²) in [5.74, 6) is 0.670. The van der Waals surface area contributed by atoms with Gasteiger partial charge in [-0.1, -0.05) is 54.6 Å². The molecule has 1 saturated heterocycles. The third kappa shape index (κ3) is 10.6. The molecule has 8 aromatic rings. The minimum atomic E-state index is -0.459. The van der Waals surface area contributed by atoms with Crippen molar-refractivity contribution in [1.82, 2.24) is 76.2 Å². The number of aromatic nitrogens is 8. The number of rotatable bonds is 16. The lowest BCUT2D eigenvalue weighted by Gasteiger charge is -2.39. The number of carbonyl (C=O) groups excluding carboxylic acids is 4. The largest absolute Gasteiger partial charge is 0.454 e. The topological polar surface area (TPSA) is 272 Å². The molecule has 0 bridgehead atoms. The third-order valence-corrected chi connectivity index (χ3v) is 13.0. The first-order valence-electron chi connectivity index (χ1n) is 24.4. The molecule has 3 atom stereocenters. The Balaban J connectivity index is 0.722. The van der Waals surface area contributed by atoms with Gasteiger partial charge in [-0.05, 0) is 63.9 Å². The maximum absolute atomic E-state index is 14.0. The number of hydrogen-bond donors (Lipinski definition) is 6. The summed E-state index contributed by atoms with van der Waals surface area (Å²) in [7, 11) is 1.71. The molecule has 1 fully saturated rings. The zero-order valence-corrected chi connectivity index (χ0v) is 41.1. The summed E-state index contributed by atoms with van der Waals surface area (Å²) in [6.45, 7) is 6.49. The fourth-order valence-electron chi connectivity index (χ4n) is 9.55. The van der Waals surface area contributed by atoms with Gasteiger partial charge in [-0.25, -0.2) is 10.1 Å². The standard InChI is InChI=1S/C51H52N18O6/c1-30(70)56-36-12-13-41-37(24-36)38-25-40(55-26-42(38)74-41)50(73)67-20-18-66(19-21-67)46(33-9-5-4-6-10-33)48-60-64-69(62-48)27-32-8-7-11-35(22-32)45(47-59-63-65(3)61-47)53-16-17-54-49(72)39-23-34(14-15-52-39)43-28-68-29-44(57-31(2)71)58-51(68)75-43/h4-15,22-26,29,43,45-46,53,64H,16-21,27-28H2,1-3H3,(H,54,72)(H,56,70)(H,57,71)(H,60,62). The highest BCUT2D eigenvalue weighted by atomic mass is 16.5. The molecule has 24 nitrogen and oxygen atoms in total. The van der Waals surface area contributed by atoms with E-state index in [0.29, 0.717) is 91.8 Å². The van der Waals surface area contributed by atoms with Crippen LogP contribution < -0.4 is 37.0 Å². The van der Waals surface area contributed by atoms with Crippen molar-refractivity contribution in [1.29, 1.82) is 0 Å². The van der Waals surface area contributed by atoms with Gasteiger partial charge in [-0.15, -0.1) is 20.8 Å². The molecule has 0 spiro atoms. The van der Waals surface area contributed by atoms with Crippen LogP contribution in [-0.4, -0.2) is 123 Å². The Morgan fingerprint density at radius 1 is 0.827 bits per heavy atom. The smallest absolute Gasteiger partial charge is 0.299 e. The van der Waals surface area contributed by atoms with Crippen molar-refractivity contribution in [2.75, 3.05) is 49.9 Å². The van der Waals surface area contributed by atoms with Gasteiger partial charge in [0.2, 0.25) is 11.8 Å². The lowest BCUT2D eigenvalue weighted by Crippen LogP contribution is -2.52. The van der Waals surface area contributed by atoms with Gasteiger partial charge in [0.05, 0.1) is 44.6 Å². The number of hydrazone groups is 1. The second-order valence-corrected chi connectivity index (χ2v) is 18.3. The van der Waals surface area contributed by atoms with Gasteiger partial charge in [-0.2, -0.15) is 9.78 Å². The van der Waals surface area contributed by atoms with Gasteiger partial charge in [0.25, 0.3) is 17.8 Å². The Morgan fingerprint density at radius 2 is 1.64 bits per heavy atom. The third-order valence-electron chi connectivity index (χ3n) is 13.0. The average molecular weight is 1010 g/mol. The van der Waals surface area contributed by atoms with Crippen molar-refractivity contribution in [2.45, 2.75) is 45.1 Å². The zero-order valence-electron chi connectivity index (χ0n) is 41.1. The number of hydrazine groups is 2. The van der Waals surface area contributed by atoms with Crippen LogP contribution in [0.5, 0.6) is 6.01 Å². The van der Waals surface area contributed by atoms with Crippen LogP contribution in [0.15, 0.2) is 119 Å². The molecule has 75 heavy (non-hydrogen) atoms. The number of tetrazole rings is 1. The number of hydrogen-bond acceptors (Lipinski definition) is 18. The van der Waals surface area contributed by atoms with E-state index in [0.717, 1.165) is 33.0 Å². The highest BCUT2D eigenvalue weighted by Crippen LogP contribution is 2.34. The number of nitrogens with zero attached hydrogens (tertiary/aromatic N) is 12. The molecule has 8 heterocycles. The van der Waals surface area contributed by atoms with Crippen molar-refractivity contribution in [2.24, 2.45) is 12.1 Å². The number of carbonyl (C=O) groups is 4. The molecule has 0 saturated carbocycles. The number of nitrogens with one attached hydrogen (secondary N) is 6. The van der Waals surface area contributed by atoms with Crippen LogP contribution in [0.2, 0.25) is 0 Å². The van der Waals surface area contributed by atoms with Gasteiger partial charge in [0.15, 0.2) is 23.1 Å².